The minimum absolute atomic E-state index is 0.252. The molecule has 0 saturated carbocycles. The van der Waals surface area contributed by atoms with Crippen molar-refractivity contribution < 1.29 is 4.42 Å². The van der Waals surface area contributed by atoms with Gasteiger partial charge in [0.2, 0.25) is 0 Å². The van der Waals surface area contributed by atoms with Gasteiger partial charge in [0.25, 0.3) is 0 Å². The average Bonchev–Trinajstić information content (AvgIpc) is 2.97. The van der Waals surface area contributed by atoms with Crippen LogP contribution in [-0.2, 0) is 13.0 Å². The van der Waals surface area contributed by atoms with Crippen LogP contribution in [0.15, 0.2) is 28.9 Å². The van der Waals surface area contributed by atoms with E-state index < -0.39 is 0 Å². The monoisotopic (exact) mass is 247 g/mol. The average molecular weight is 247 g/mol. The summed E-state index contributed by atoms with van der Waals surface area (Å²) in [5.74, 6) is 1.00. The summed E-state index contributed by atoms with van der Waals surface area (Å²) in [7, 11) is 0. The number of hydrogen-bond acceptors (Lipinski definition) is 3. The number of furan rings is 1. The van der Waals surface area contributed by atoms with Gasteiger partial charge in [0.15, 0.2) is 0 Å². The first kappa shape index (κ1) is 12.9. The quantitative estimate of drug-likeness (QED) is 0.853. The summed E-state index contributed by atoms with van der Waals surface area (Å²) in [6, 6.07) is 6.35. The van der Waals surface area contributed by atoms with Crippen LogP contribution in [0.3, 0.4) is 0 Å². The van der Waals surface area contributed by atoms with E-state index in [2.05, 4.69) is 35.0 Å². The molecule has 1 atom stereocenters. The molecule has 1 unspecified atom stereocenters. The third-order valence-corrected chi connectivity index (χ3v) is 3.03. The standard InChI is InChI=1S/C14H21N3O/c1-4-15-13(10-12-7-6-8-18-12)14-9-11(3)16-17(14)5-2/h6-9,13,15H,4-5,10H2,1-3H3. The van der Waals surface area contributed by atoms with Crippen LogP contribution in [0.4, 0.5) is 0 Å². The van der Waals surface area contributed by atoms with Gasteiger partial charge in [-0.15, -0.1) is 0 Å². The van der Waals surface area contributed by atoms with Gasteiger partial charge in [0.05, 0.1) is 23.7 Å². The van der Waals surface area contributed by atoms with E-state index in [0.29, 0.717) is 0 Å². The Labute approximate surface area is 108 Å². The minimum atomic E-state index is 0.252. The maximum Gasteiger partial charge on any atom is 0.105 e. The first-order valence-corrected chi connectivity index (χ1v) is 6.54. The summed E-state index contributed by atoms with van der Waals surface area (Å²) < 4.78 is 7.50. The molecule has 4 nitrogen and oxygen atoms in total. The fraction of sp³-hybridized carbons (Fsp3) is 0.500. The molecule has 1 N–H and O–H groups in total. The van der Waals surface area contributed by atoms with E-state index in [-0.39, 0.29) is 6.04 Å². The Hall–Kier alpha value is -1.55. The lowest BCUT2D eigenvalue weighted by Crippen LogP contribution is -2.25. The highest BCUT2D eigenvalue weighted by Crippen LogP contribution is 2.20. The molecule has 0 bridgehead atoms. The van der Waals surface area contributed by atoms with Crippen molar-refractivity contribution in [1.29, 1.82) is 0 Å². The smallest absolute Gasteiger partial charge is 0.105 e. The number of aryl methyl sites for hydroxylation is 2. The third-order valence-electron chi connectivity index (χ3n) is 3.03. The summed E-state index contributed by atoms with van der Waals surface area (Å²) in [4.78, 5) is 0. The van der Waals surface area contributed by atoms with E-state index in [1.54, 1.807) is 6.26 Å². The van der Waals surface area contributed by atoms with Crippen molar-refractivity contribution >= 4 is 0 Å². The van der Waals surface area contributed by atoms with Crippen LogP contribution in [0.25, 0.3) is 0 Å². The second kappa shape index (κ2) is 5.87. The molecule has 0 aliphatic heterocycles. The zero-order valence-electron chi connectivity index (χ0n) is 11.3. The third kappa shape index (κ3) is 2.82. The van der Waals surface area contributed by atoms with E-state index in [0.717, 1.165) is 31.0 Å². The Bertz CT molecular complexity index is 473. The summed E-state index contributed by atoms with van der Waals surface area (Å²) in [6.07, 6.45) is 2.58. The fourth-order valence-electron chi connectivity index (χ4n) is 2.26. The lowest BCUT2D eigenvalue weighted by molar-refractivity contribution is 0.433. The summed E-state index contributed by atoms with van der Waals surface area (Å²) >= 11 is 0. The Morgan fingerprint density at radius 1 is 1.44 bits per heavy atom. The highest BCUT2D eigenvalue weighted by Gasteiger charge is 2.17. The minimum Gasteiger partial charge on any atom is -0.469 e. The summed E-state index contributed by atoms with van der Waals surface area (Å²) in [5, 5.41) is 8.01. The van der Waals surface area contributed by atoms with Crippen LogP contribution < -0.4 is 5.32 Å². The first-order valence-electron chi connectivity index (χ1n) is 6.54. The largest absolute Gasteiger partial charge is 0.469 e. The van der Waals surface area contributed by atoms with Crippen LogP contribution >= 0.6 is 0 Å². The molecule has 0 aliphatic carbocycles. The van der Waals surface area contributed by atoms with Gasteiger partial charge in [0.1, 0.15) is 5.76 Å². The SMILES string of the molecule is CCNC(Cc1ccco1)c1cc(C)nn1CC. The van der Waals surface area contributed by atoms with E-state index in [1.165, 1.54) is 5.69 Å². The van der Waals surface area contributed by atoms with E-state index in [1.807, 2.05) is 19.1 Å². The van der Waals surface area contributed by atoms with Crippen molar-refractivity contribution in [1.82, 2.24) is 15.1 Å². The predicted octanol–water partition coefficient (Wildman–Crippen LogP) is 2.70. The van der Waals surface area contributed by atoms with Crippen LogP contribution in [-0.4, -0.2) is 16.3 Å². The van der Waals surface area contributed by atoms with Crippen molar-refractivity contribution in [3.63, 3.8) is 0 Å². The molecule has 2 heterocycles. The molecule has 0 fully saturated rings. The Kier molecular flexibility index (Phi) is 4.20. The van der Waals surface area contributed by atoms with Gasteiger partial charge in [-0.3, -0.25) is 4.68 Å². The molecule has 2 rings (SSSR count). The molecule has 0 saturated heterocycles. The fourth-order valence-corrected chi connectivity index (χ4v) is 2.26. The van der Waals surface area contributed by atoms with Gasteiger partial charge in [-0.2, -0.15) is 5.10 Å². The molecule has 2 aromatic rings. The predicted molar refractivity (Wildman–Crippen MR) is 71.5 cm³/mol. The Morgan fingerprint density at radius 3 is 2.89 bits per heavy atom. The van der Waals surface area contributed by atoms with Gasteiger partial charge in [-0.05, 0) is 38.6 Å². The lowest BCUT2D eigenvalue weighted by Gasteiger charge is -2.17. The lowest BCUT2D eigenvalue weighted by atomic mass is 10.1. The normalized spacial score (nSPS) is 12.8. The second-order valence-corrected chi connectivity index (χ2v) is 4.42. The van der Waals surface area contributed by atoms with Gasteiger partial charge >= 0.3 is 0 Å². The Morgan fingerprint density at radius 2 is 2.28 bits per heavy atom. The summed E-state index contributed by atoms with van der Waals surface area (Å²) in [5.41, 5.74) is 2.29. The van der Waals surface area contributed by atoms with Gasteiger partial charge in [-0.25, -0.2) is 0 Å². The van der Waals surface area contributed by atoms with E-state index >= 15 is 0 Å². The zero-order valence-corrected chi connectivity index (χ0v) is 11.3. The second-order valence-electron chi connectivity index (χ2n) is 4.42. The molecule has 0 aromatic carbocycles. The molecule has 4 heteroatoms. The first-order chi connectivity index (χ1) is 8.74. The van der Waals surface area contributed by atoms with Crippen molar-refractivity contribution in [2.45, 2.75) is 39.8 Å². The number of nitrogens with zero attached hydrogens (tertiary/aromatic N) is 2. The van der Waals surface area contributed by atoms with Crippen LogP contribution in [0.1, 0.15) is 37.0 Å². The molecular weight excluding hydrogens is 226 g/mol. The summed E-state index contributed by atoms with van der Waals surface area (Å²) in [6.45, 7) is 8.09. The van der Waals surface area contributed by atoms with E-state index in [4.69, 9.17) is 4.42 Å². The number of hydrogen-bond donors (Lipinski definition) is 1. The van der Waals surface area contributed by atoms with E-state index in [9.17, 15) is 0 Å². The molecule has 0 aliphatic rings. The number of nitrogens with one attached hydrogen (secondary N) is 1. The topological polar surface area (TPSA) is 43.0 Å². The molecule has 98 valence electrons. The number of rotatable bonds is 6. The molecule has 2 aromatic heterocycles. The zero-order chi connectivity index (χ0) is 13.0. The van der Waals surface area contributed by atoms with Crippen LogP contribution in [0.2, 0.25) is 0 Å². The van der Waals surface area contributed by atoms with Crippen molar-refractivity contribution in [2.24, 2.45) is 0 Å². The highest BCUT2D eigenvalue weighted by atomic mass is 16.3. The van der Waals surface area contributed by atoms with Crippen LogP contribution in [0, 0.1) is 6.92 Å². The molecule has 0 radical (unpaired) electrons. The van der Waals surface area contributed by atoms with Crippen molar-refractivity contribution in [2.75, 3.05) is 6.54 Å². The van der Waals surface area contributed by atoms with Gasteiger partial charge < -0.3 is 9.73 Å². The molecular formula is C14H21N3O. The van der Waals surface area contributed by atoms with Crippen LogP contribution in [0.5, 0.6) is 0 Å². The molecule has 18 heavy (non-hydrogen) atoms. The van der Waals surface area contributed by atoms with Crippen molar-refractivity contribution in [3.05, 3.63) is 41.6 Å². The van der Waals surface area contributed by atoms with Gasteiger partial charge in [0, 0.05) is 13.0 Å². The maximum absolute atomic E-state index is 5.44. The number of aromatic nitrogens is 2. The Balaban J connectivity index is 2.22. The van der Waals surface area contributed by atoms with Gasteiger partial charge in [-0.1, -0.05) is 6.92 Å². The molecule has 0 spiro atoms. The maximum atomic E-state index is 5.44. The number of likely N-dealkylation sites (N-methyl/N-ethyl adjacent to an activating group) is 1. The highest BCUT2D eigenvalue weighted by molar-refractivity contribution is 5.16. The van der Waals surface area contributed by atoms with Crippen molar-refractivity contribution in [3.8, 4) is 0 Å². The molecule has 0 amide bonds.